The molecule has 0 heterocycles. The number of rotatable bonds is 5. The fraction of sp³-hybridized carbons (Fsp3) is 0.400. The first kappa shape index (κ1) is 19.4. The van der Waals surface area contributed by atoms with E-state index in [0.717, 1.165) is 10.0 Å². The highest BCUT2D eigenvalue weighted by molar-refractivity contribution is 14.0. The molecule has 3 nitrogen and oxygen atoms in total. The van der Waals surface area contributed by atoms with Crippen molar-refractivity contribution in [2.75, 3.05) is 13.1 Å². The monoisotopic (exact) mass is 451 g/mol. The average Bonchev–Trinajstić information content (AvgIpc) is 2.34. The summed E-state index contributed by atoms with van der Waals surface area (Å²) in [5, 5.41) is 3.04. The lowest BCUT2D eigenvalue weighted by Gasteiger charge is -2.23. The van der Waals surface area contributed by atoms with Crippen LogP contribution in [0.4, 0.5) is 0 Å². The average molecular weight is 452 g/mol. The minimum Gasteiger partial charge on any atom is -0.370 e. The Balaban J connectivity index is 0.00000361. The second-order valence-corrected chi connectivity index (χ2v) is 6.32. The Morgan fingerprint density at radius 2 is 1.90 bits per heavy atom. The van der Waals surface area contributed by atoms with Crippen LogP contribution in [-0.2, 0) is 5.41 Å². The largest absolute Gasteiger partial charge is 0.370 e. The van der Waals surface area contributed by atoms with Crippen LogP contribution in [0.1, 0.15) is 26.3 Å². The van der Waals surface area contributed by atoms with Crippen molar-refractivity contribution in [3.8, 4) is 0 Å². The van der Waals surface area contributed by atoms with E-state index in [1.807, 2.05) is 19.1 Å². The Morgan fingerprint density at radius 3 is 2.40 bits per heavy atom. The number of hydrogen-bond acceptors (Lipinski definition) is 1. The molecular formula is C15H23BrIN3. The Labute approximate surface area is 147 Å². The van der Waals surface area contributed by atoms with E-state index in [9.17, 15) is 0 Å². The third-order valence-electron chi connectivity index (χ3n) is 2.84. The van der Waals surface area contributed by atoms with Gasteiger partial charge in [-0.15, -0.1) is 24.0 Å². The molecule has 112 valence electrons. The van der Waals surface area contributed by atoms with Crippen molar-refractivity contribution < 1.29 is 0 Å². The quantitative estimate of drug-likeness (QED) is 0.309. The molecule has 0 bridgehead atoms. The van der Waals surface area contributed by atoms with Crippen LogP contribution in [0.2, 0.25) is 0 Å². The molecule has 0 fully saturated rings. The predicted molar refractivity (Wildman–Crippen MR) is 102 cm³/mol. The van der Waals surface area contributed by atoms with Gasteiger partial charge in [-0.2, -0.15) is 0 Å². The van der Waals surface area contributed by atoms with Gasteiger partial charge in [0.05, 0.1) is 6.54 Å². The third-order valence-corrected chi connectivity index (χ3v) is 3.37. The van der Waals surface area contributed by atoms with Gasteiger partial charge in [-0.25, -0.2) is 0 Å². The number of nitrogens with one attached hydrogen (secondary N) is 1. The van der Waals surface area contributed by atoms with Crippen molar-refractivity contribution in [1.82, 2.24) is 5.32 Å². The van der Waals surface area contributed by atoms with Gasteiger partial charge in [0.25, 0.3) is 0 Å². The molecule has 1 aromatic rings. The lowest BCUT2D eigenvalue weighted by molar-refractivity contribution is 0.539. The summed E-state index contributed by atoms with van der Waals surface area (Å²) in [5.41, 5.74) is 8.05. The predicted octanol–water partition coefficient (Wildman–Crippen LogP) is 3.83. The Kier molecular flexibility index (Phi) is 8.42. The number of nitrogens with zero attached hydrogens (tertiary/aromatic N) is 1. The van der Waals surface area contributed by atoms with Crippen LogP contribution >= 0.6 is 39.9 Å². The summed E-state index contributed by atoms with van der Waals surface area (Å²) in [4.78, 5) is 4.40. The van der Waals surface area contributed by atoms with Crippen molar-refractivity contribution in [3.63, 3.8) is 0 Å². The zero-order valence-electron chi connectivity index (χ0n) is 12.2. The lowest BCUT2D eigenvalue weighted by Crippen LogP contribution is -2.34. The van der Waals surface area contributed by atoms with Crippen LogP contribution in [0.15, 0.2) is 45.9 Å². The van der Waals surface area contributed by atoms with E-state index < -0.39 is 0 Å². The molecule has 0 atom stereocenters. The van der Waals surface area contributed by atoms with Crippen LogP contribution in [0, 0.1) is 0 Å². The first-order chi connectivity index (χ1) is 8.81. The van der Waals surface area contributed by atoms with Crippen molar-refractivity contribution in [3.05, 3.63) is 46.5 Å². The van der Waals surface area contributed by atoms with Gasteiger partial charge in [-0.3, -0.25) is 4.99 Å². The molecule has 0 saturated heterocycles. The third kappa shape index (κ3) is 6.74. The molecule has 1 aromatic carbocycles. The van der Waals surface area contributed by atoms with Gasteiger partial charge in [0.15, 0.2) is 5.96 Å². The number of hydrogen-bond donors (Lipinski definition) is 2. The standard InChI is InChI=1S/C15H22BrN3.HI/c1-11(2)9-18-14(17)19-10-15(3,4)12-5-7-13(16)8-6-12;/h5-8H,1,9-10H2,2-4H3,(H3,17,18,19);1H. The topological polar surface area (TPSA) is 50.4 Å². The normalized spacial score (nSPS) is 11.7. The highest BCUT2D eigenvalue weighted by Gasteiger charge is 2.20. The number of halogens is 2. The first-order valence-electron chi connectivity index (χ1n) is 6.25. The van der Waals surface area contributed by atoms with Crippen molar-refractivity contribution in [2.45, 2.75) is 26.2 Å². The van der Waals surface area contributed by atoms with Gasteiger partial charge in [0, 0.05) is 16.4 Å². The number of guanidine groups is 1. The molecule has 20 heavy (non-hydrogen) atoms. The maximum atomic E-state index is 5.82. The molecule has 0 radical (unpaired) electrons. The lowest BCUT2D eigenvalue weighted by atomic mass is 9.85. The van der Waals surface area contributed by atoms with Crippen molar-refractivity contribution in [1.29, 1.82) is 0 Å². The second-order valence-electron chi connectivity index (χ2n) is 5.40. The summed E-state index contributed by atoms with van der Waals surface area (Å²) in [5.74, 6) is 0.466. The van der Waals surface area contributed by atoms with E-state index >= 15 is 0 Å². The molecule has 3 N–H and O–H groups in total. The van der Waals surface area contributed by atoms with E-state index in [4.69, 9.17) is 5.73 Å². The summed E-state index contributed by atoms with van der Waals surface area (Å²) >= 11 is 3.44. The smallest absolute Gasteiger partial charge is 0.188 e. The van der Waals surface area contributed by atoms with Gasteiger partial charge in [0.1, 0.15) is 0 Å². The van der Waals surface area contributed by atoms with Crippen LogP contribution in [0.3, 0.4) is 0 Å². The Hall–Kier alpha value is -0.560. The molecule has 0 spiro atoms. The van der Waals surface area contributed by atoms with Crippen LogP contribution < -0.4 is 11.1 Å². The Bertz CT molecular complexity index is 467. The highest BCUT2D eigenvalue weighted by Crippen LogP contribution is 2.24. The summed E-state index contributed by atoms with van der Waals surface area (Å²) in [7, 11) is 0. The maximum absolute atomic E-state index is 5.82. The van der Waals surface area contributed by atoms with Crippen LogP contribution in [0.25, 0.3) is 0 Å². The summed E-state index contributed by atoms with van der Waals surface area (Å²) in [6.07, 6.45) is 0. The maximum Gasteiger partial charge on any atom is 0.188 e. The fourth-order valence-corrected chi connectivity index (χ4v) is 1.84. The second kappa shape index (κ2) is 8.67. The molecule has 5 heteroatoms. The highest BCUT2D eigenvalue weighted by atomic mass is 127. The molecule has 0 saturated carbocycles. The van der Waals surface area contributed by atoms with E-state index in [1.54, 1.807) is 0 Å². The minimum atomic E-state index is -0.0454. The van der Waals surface area contributed by atoms with Crippen molar-refractivity contribution >= 4 is 45.9 Å². The SMILES string of the molecule is C=C(C)CNC(N)=NCC(C)(C)c1ccc(Br)cc1.I. The van der Waals surface area contributed by atoms with Gasteiger partial charge < -0.3 is 11.1 Å². The summed E-state index contributed by atoms with van der Waals surface area (Å²) < 4.78 is 1.08. The van der Waals surface area contributed by atoms with Crippen LogP contribution in [0.5, 0.6) is 0 Å². The van der Waals surface area contributed by atoms with Crippen LogP contribution in [-0.4, -0.2) is 19.0 Å². The molecule has 1 rings (SSSR count). The molecule has 0 unspecified atom stereocenters. The zero-order chi connectivity index (χ0) is 14.5. The molecule has 0 amide bonds. The molecule has 0 aliphatic rings. The molecule has 0 aliphatic carbocycles. The van der Waals surface area contributed by atoms with Gasteiger partial charge in [0.2, 0.25) is 0 Å². The molecule has 0 aliphatic heterocycles. The number of nitrogens with two attached hydrogens (primary N) is 1. The van der Waals surface area contributed by atoms with E-state index in [-0.39, 0.29) is 29.4 Å². The minimum absolute atomic E-state index is 0. The van der Waals surface area contributed by atoms with Gasteiger partial charge >= 0.3 is 0 Å². The van der Waals surface area contributed by atoms with E-state index in [0.29, 0.717) is 19.0 Å². The molecular weight excluding hydrogens is 429 g/mol. The zero-order valence-corrected chi connectivity index (χ0v) is 16.2. The molecule has 0 aromatic heterocycles. The van der Waals surface area contributed by atoms with E-state index in [2.05, 4.69) is 58.8 Å². The van der Waals surface area contributed by atoms with E-state index in [1.165, 1.54) is 5.56 Å². The van der Waals surface area contributed by atoms with Crippen molar-refractivity contribution in [2.24, 2.45) is 10.7 Å². The fourth-order valence-electron chi connectivity index (χ4n) is 1.57. The first-order valence-corrected chi connectivity index (χ1v) is 7.05. The number of aliphatic imine (C=N–C) groups is 1. The Morgan fingerprint density at radius 1 is 1.35 bits per heavy atom. The number of benzene rings is 1. The van der Waals surface area contributed by atoms with Gasteiger partial charge in [-0.05, 0) is 24.6 Å². The summed E-state index contributed by atoms with van der Waals surface area (Å²) in [6.45, 7) is 11.4. The summed E-state index contributed by atoms with van der Waals surface area (Å²) in [6, 6.07) is 8.31. The van der Waals surface area contributed by atoms with Gasteiger partial charge in [-0.1, -0.05) is 54.1 Å².